The predicted octanol–water partition coefficient (Wildman–Crippen LogP) is 1.68. The van der Waals surface area contributed by atoms with Crippen LogP contribution in [0.4, 0.5) is 5.82 Å². The molecule has 1 aromatic heterocycles. The highest BCUT2D eigenvalue weighted by Gasteiger charge is 2.22. The van der Waals surface area contributed by atoms with Crippen molar-refractivity contribution in [2.45, 2.75) is 31.8 Å². The predicted molar refractivity (Wildman–Crippen MR) is 88.3 cm³/mol. The number of nitrogens with two attached hydrogens (primary N) is 1. The maximum Gasteiger partial charge on any atom is 0.249 e. The summed E-state index contributed by atoms with van der Waals surface area (Å²) in [5, 5.41) is 7.45. The maximum atomic E-state index is 11.8. The summed E-state index contributed by atoms with van der Waals surface area (Å²) in [6.07, 6.45) is 3.13. The van der Waals surface area contributed by atoms with Crippen LogP contribution in [0.25, 0.3) is 5.69 Å². The number of aromatic nitrogens is 2. The average molecular weight is 314 g/mol. The van der Waals surface area contributed by atoms with Crippen molar-refractivity contribution in [3.8, 4) is 5.69 Å². The van der Waals surface area contributed by atoms with E-state index < -0.39 is 0 Å². The molecule has 1 aliphatic heterocycles. The maximum absolute atomic E-state index is 11.8. The molecule has 1 fully saturated rings. The molecule has 0 bridgehead atoms. The van der Waals surface area contributed by atoms with E-state index in [1.807, 2.05) is 36.4 Å². The Labute approximate surface area is 135 Å². The first-order valence-electron chi connectivity index (χ1n) is 8.03. The second kappa shape index (κ2) is 7.28. The Morgan fingerprint density at radius 3 is 2.96 bits per heavy atom. The van der Waals surface area contributed by atoms with E-state index in [4.69, 9.17) is 10.5 Å². The van der Waals surface area contributed by atoms with Gasteiger partial charge in [0.2, 0.25) is 5.91 Å². The molecule has 122 valence electrons. The van der Waals surface area contributed by atoms with Crippen LogP contribution >= 0.6 is 0 Å². The second-order valence-electron chi connectivity index (χ2n) is 5.70. The zero-order valence-corrected chi connectivity index (χ0v) is 13.1. The lowest BCUT2D eigenvalue weighted by molar-refractivity contribution is -0.130. The molecule has 23 heavy (non-hydrogen) atoms. The van der Waals surface area contributed by atoms with Gasteiger partial charge >= 0.3 is 0 Å². The molecule has 1 atom stereocenters. The number of carbonyl (C=O) groups is 1. The Balaban J connectivity index is 1.48. The molecular weight excluding hydrogens is 292 g/mol. The molecule has 1 unspecified atom stereocenters. The summed E-state index contributed by atoms with van der Waals surface area (Å²) in [5.74, 6) is 0.617. The number of rotatable bonds is 6. The van der Waals surface area contributed by atoms with E-state index in [1.54, 1.807) is 4.68 Å². The van der Waals surface area contributed by atoms with E-state index in [1.165, 1.54) is 0 Å². The van der Waals surface area contributed by atoms with E-state index in [0.717, 1.165) is 37.1 Å². The molecule has 2 aromatic rings. The average Bonchev–Trinajstić information content (AvgIpc) is 3.22. The summed E-state index contributed by atoms with van der Waals surface area (Å²) < 4.78 is 7.09. The van der Waals surface area contributed by atoms with Crippen LogP contribution in [-0.2, 0) is 16.0 Å². The molecule has 0 saturated carbocycles. The van der Waals surface area contributed by atoms with Gasteiger partial charge in [-0.1, -0.05) is 18.2 Å². The van der Waals surface area contributed by atoms with Gasteiger partial charge in [-0.25, -0.2) is 4.68 Å². The van der Waals surface area contributed by atoms with E-state index >= 15 is 0 Å². The van der Waals surface area contributed by atoms with Crippen molar-refractivity contribution in [1.82, 2.24) is 15.1 Å². The molecule has 0 radical (unpaired) electrons. The fourth-order valence-corrected chi connectivity index (χ4v) is 2.72. The fraction of sp³-hybridized carbons (Fsp3) is 0.412. The van der Waals surface area contributed by atoms with Crippen molar-refractivity contribution in [3.63, 3.8) is 0 Å². The number of hydrogen-bond donors (Lipinski definition) is 2. The molecule has 0 spiro atoms. The number of carbonyl (C=O) groups excluding carboxylic acids is 1. The fourth-order valence-electron chi connectivity index (χ4n) is 2.72. The number of nitrogens with one attached hydrogen (secondary N) is 1. The number of amides is 1. The Hall–Kier alpha value is -2.34. The zero-order chi connectivity index (χ0) is 16.1. The van der Waals surface area contributed by atoms with Crippen LogP contribution in [0.3, 0.4) is 0 Å². The van der Waals surface area contributed by atoms with Gasteiger partial charge in [0.1, 0.15) is 11.9 Å². The first-order chi connectivity index (χ1) is 11.2. The topological polar surface area (TPSA) is 82.2 Å². The molecule has 6 nitrogen and oxygen atoms in total. The highest BCUT2D eigenvalue weighted by atomic mass is 16.5. The number of para-hydroxylation sites is 1. The number of nitrogens with zero attached hydrogens (tertiary/aromatic N) is 2. The Bertz CT molecular complexity index is 648. The Morgan fingerprint density at radius 1 is 1.39 bits per heavy atom. The monoisotopic (exact) mass is 314 g/mol. The molecule has 1 aliphatic rings. The number of aryl methyl sites for hydroxylation is 1. The third kappa shape index (κ3) is 3.90. The summed E-state index contributed by atoms with van der Waals surface area (Å²) in [6.45, 7) is 1.31. The number of hydrogen-bond acceptors (Lipinski definition) is 4. The third-order valence-electron chi connectivity index (χ3n) is 3.92. The van der Waals surface area contributed by atoms with E-state index in [0.29, 0.717) is 19.0 Å². The number of nitrogen functional groups attached to an aromatic ring is 1. The highest BCUT2D eigenvalue weighted by Crippen LogP contribution is 2.15. The number of ether oxygens (including phenoxy) is 1. The van der Waals surface area contributed by atoms with Crippen molar-refractivity contribution in [3.05, 3.63) is 42.1 Å². The summed E-state index contributed by atoms with van der Waals surface area (Å²) in [5.41, 5.74) is 7.90. The van der Waals surface area contributed by atoms with Gasteiger partial charge in [-0.3, -0.25) is 4.79 Å². The summed E-state index contributed by atoms with van der Waals surface area (Å²) in [7, 11) is 0. The van der Waals surface area contributed by atoms with Gasteiger partial charge < -0.3 is 15.8 Å². The molecule has 6 heteroatoms. The summed E-state index contributed by atoms with van der Waals surface area (Å²) >= 11 is 0. The van der Waals surface area contributed by atoms with Gasteiger partial charge in [0.05, 0.1) is 11.4 Å². The van der Waals surface area contributed by atoms with Crippen LogP contribution in [0, 0.1) is 0 Å². The van der Waals surface area contributed by atoms with Gasteiger partial charge in [0, 0.05) is 19.2 Å². The Kier molecular flexibility index (Phi) is 4.92. The summed E-state index contributed by atoms with van der Waals surface area (Å²) in [4.78, 5) is 11.8. The molecule has 2 heterocycles. The van der Waals surface area contributed by atoms with Crippen molar-refractivity contribution in [1.29, 1.82) is 0 Å². The molecule has 1 aromatic carbocycles. The normalized spacial score (nSPS) is 17.3. The summed E-state index contributed by atoms with van der Waals surface area (Å²) in [6, 6.07) is 11.7. The molecular formula is C17H22N4O2. The van der Waals surface area contributed by atoms with E-state index in [2.05, 4.69) is 10.4 Å². The minimum Gasteiger partial charge on any atom is -0.384 e. The quantitative estimate of drug-likeness (QED) is 0.795. The van der Waals surface area contributed by atoms with Crippen LogP contribution in [0.5, 0.6) is 0 Å². The second-order valence-corrected chi connectivity index (χ2v) is 5.70. The number of benzene rings is 1. The van der Waals surface area contributed by atoms with Crippen LogP contribution in [0.15, 0.2) is 36.4 Å². The van der Waals surface area contributed by atoms with Crippen LogP contribution in [0.2, 0.25) is 0 Å². The van der Waals surface area contributed by atoms with Crippen LogP contribution < -0.4 is 11.1 Å². The van der Waals surface area contributed by atoms with Gasteiger partial charge in [-0.2, -0.15) is 5.10 Å². The lowest BCUT2D eigenvalue weighted by Gasteiger charge is -2.09. The van der Waals surface area contributed by atoms with Gasteiger partial charge in [-0.05, 0) is 37.8 Å². The van der Waals surface area contributed by atoms with E-state index in [-0.39, 0.29) is 12.0 Å². The van der Waals surface area contributed by atoms with Crippen LogP contribution in [-0.4, -0.2) is 34.9 Å². The van der Waals surface area contributed by atoms with Crippen molar-refractivity contribution < 1.29 is 9.53 Å². The SMILES string of the molecule is Nc1cc(CCCNC(=O)C2CCCO2)nn1-c1ccccc1. The standard InChI is InChI=1S/C17H22N4O2/c18-16-12-13(20-21(16)14-7-2-1-3-8-14)6-4-10-19-17(22)15-9-5-11-23-15/h1-3,7-8,12,15H,4-6,9-11,18H2,(H,19,22). The van der Waals surface area contributed by atoms with Gasteiger partial charge in [0.15, 0.2) is 0 Å². The van der Waals surface area contributed by atoms with Crippen LogP contribution in [0.1, 0.15) is 25.0 Å². The first kappa shape index (κ1) is 15.6. The zero-order valence-electron chi connectivity index (χ0n) is 13.1. The van der Waals surface area contributed by atoms with Gasteiger partial charge in [-0.15, -0.1) is 0 Å². The highest BCUT2D eigenvalue weighted by molar-refractivity contribution is 5.80. The molecule has 3 rings (SSSR count). The minimum absolute atomic E-state index is 0.00294. The molecule has 1 saturated heterocycles. The largest absolute Gasteiger partial charge is 0.384 e. The lowest BCUT2D eigenvalue weighted by atomic mass is 10.2. The van der Waals surface area contributed by atoms with E-state index in [9.17, 15) is 4.79 Å². The first-order valence-corrected chi connectivity index (χ1v) is 8.03. The molecule has 0 aliphatic carbocycles. The van der Waals surface area contributed by atoms with Crippen molar-refractivity contribution in [2.24, 2.45) is 0 Å². The molecule has 3 N–H and O–H groups in total. The Morgan fingerprint density at radius 2 is 2.22 bits per heavy atom. The number of anilines is 1. The van der Waals surface area contributed by atoms with Gasteiger partial charge in [0.25, 0.3) is 0 Å². The molecule has 1 amide bonds. The third-order valence-corrected chi connectivity index (χ3v) is 3.92. The lowest BCUT2D eigenvalue weighted by Crippen LogP contribution is -2.34. The smallest absolute Gasteiger partial charge is 0.249 e. The minimum atomic E-state index is -0.261. The van der Waals surface area contributed by atoms with Crippen molar-refractivity contribution in [2.75, 3.05) is 18.9 Å². The van der Waals surface area contributed by atoms with Crippen molar-refractivity contribution >= 4 is 11.7 Å².